The first-order valence-corrected chi connectivity index (χ1v) is 9.66. The van der Waals surface area contributed by atoms with E-state index in [0.29, 0.717) is 21.0 Å². The van der Waals surface area contributed by atoms with Gasteiger partial charge in [0.05, 0.1) is 22.5 Å². The second-order valence-electron chi connectivity index (χ2n) is 6.60. The standard InChI is InChI=1S/C20H18FN5OS/c1-13(2)26-10-8-17(24-26)19(27)25(12-15-5-3-4-9-22-15)20-23-16-7-6-14(21)11-18(16)28-20/h3-11,13H,12H2,1-2H3. The lowest BCUT2D eigenvalue weighted by Crippen LogP contribution is -2.31. The Morgan fingerprint density at radius 3 is 2.82 bits per heavy atom. The molecular weight excluding hydrogens is 377 g/mol. The van der Waals surface area contributed by atoms with Crippen molar-refractivity contribution in [2.75, 3.05) is 4.90 Å². The van der Waals surface area contributed by atoms with Gasteiger partial charge in [0.15, 0.2) is 10.8 Å². The number of fused-ring (bicyclic) bond motifs is 1. The third-order valence-electron chi connectivity index (χ3n) is 4.22. The molecular formula is C20H18FN5OS. The third kappa shape index (κ3) is 3.63. The lowest BCUT2D eigenvalue weighted by atomic mass is 10.3. The van der Waals surface area contributed by atoms with Crippen LogP contribution in [0.5, 0.6) is 0 Å². The average molecular weight is 395 g/mol. The number of hydrogen-bond donors (Lipinski definition) is 0. The summed E-state index contributed by atoms with van der Waals surface area (Å²) in [5.74, 6) is -0.606. The Balaban J connectivity index is 1.74. The number of carbonyl (C=O) groups excluding carboxylic acids is 1. The lowest BCUT2D eigenvalue weighted by Gasteiger charge is -2.18. The number of rotatable bonds is 5. The Bertz CT molecular complexity index is 1120. The van der Waals surface area contributed by atoms with E-state index in [1.807, 2.05) is 32.0 Å². The number of pyridine rings is 1. The fourth-order valence-electron chi connectivity index (χ4n) is 2.76. The van der Waals surface area contributed by atoms with Gasteiger partial charge in [0.2, 0.25) is 0 Å². The van der Waals surface area contributed by atoms with Crippen LogP contribution in [-0.2, 0) is 6.54 Å². The van der Waals surface area contributed by atoms with E-state index in [0.717, 1.165) is 5.69 Å². The zero-order valence-corrected chi connectivity index (χ0v) is 16.2. The summed E-state index contributed by atoms with van der Waals surface area (Å²) in [4.78, 5) is 23.6. The summed E-state index contributed by atoms with van der Waals surface area (Å²) < 4.78 is 16.0. The number of anilines is 1. The quantitative estimate of drug-likeness (QED) is 0.501. The van der Waals surface area contributed by atoms with E-state index in [-0.39, 0.29) is 24.3 Å². The van der Waals surface area contributed by atoms with Crippen LogP contribution in [-0.4, -0.2) is 25.7 Å². The molecule has 0 atom stereocenters. The molecule has 0 saturated carbocycles. The highest BCUT2D eigenvalue weighted by Gasteiger charge is 2.24. The summed E-state index contributed by atoms with van der Waals surface area (Å²) in [5.41, 5.74) is 1.70. The SMILES string of the molecule is CC(C)n1ccc(C(=O)N(Cc2ccccn2)c2nc3ccc(F)cc3s2)n1. The molecule has 0 aliphatic rings. The van der Waals surface area contributed by atoms with Gasteiger partial charge in [-0.05, 0) is 50.2 Å². The fraction of sp³-hybridized carbons (Fsp3) is 0.200. The lowest BCUT2D eigenvalue weighted by molar-refractivity contribution is 0.0979. The number of aromatic nitrogens is 4. The molecule has 4 aromatic rings. The topological polar surface area (TPSA) is 63.9 Å². The predicted octanol–water partition coefficient (Wildman–Crippen LogP) is 4.45. The van der Waals surface area contributed by atoms with Crippen molar-refractivity contribution in [3.05, 3.63) is 72.1 Å². The maximum absolute atomic E-state index is 13.6. The van der Waals surface area contributed by atoms with E-state index in [9.17, 15) is 9.18 Å². The van der Waals surface area contributed by atoms with Crippen LogP contribution in [0.25, 0.3) is 10.2 Å². The first-order chi connectivity index (χ1) is 13.5. The highest BCUT2D eigenvalue weighted by molar-refractivity contribution is 7.22. The molecule has 28 heavy (non-hydrogen) atoms. The van der Waals surface area contributed by atoms with Crippen LogP contribution >= 0.6 is 11.3 Å². The van der Waals surface area contributed by atoms with Crippen LogP contribution in [0.3, 0.4) is 0 Å². The number of nitrogens with zero attached hydrogens (tertiary/aromatic N) is 5. The van der Waals surface area contributed by atoms with Crippen LogP contribution in [0.15, 0.2) is 54.9 Å². The Morgan fingerprint density at radius 1 is 1.25 bits per heavy atom. The van der Waals surface area contributed by atoms with Crippen molar-refractivity contribution in [3.8, 4) is 0 Å². The van der Waals surface area contributed by atoms with Crippen molar-refractivity contribution in [3.63, 3.8) is 0 Å². The zero-order valence-electron chi connectivity index (χ0n) is 15.4. The molecule has 6 nitrogen and oxygen atoms in total. The molecule has 1 amide bonds. The minimum absolute atomic E-state index is 0.149. The molecule has 8 heteroatoms. The van der Waals surface area contributed by atoms with Gasteiger partial charge in [0.1, 0.15) is 5.82 Å². The van der Waals surface area contributed by atoms with Crippen LogP contribution < -0.4 is 4.90 Å². The summed E-state index contributed by atoms with van der Waals surface area (Å²) >= 11 is 1.27. The Kier molecular flexibility index (Phi) is 4.87. The van der Waals surface area contributed by atoms with Crippen molar-refractivity contribution < 1.29 is 9.18 Å². The van der Waals surface area contributed by atoms with Gasteiger partial charge in [-0.1, -0.05) is 17.4 Å². The summed E-state index contributed by atoms with van der Waals surface area (Å²) in [5, 5.41) is 4.87. The summed E-state index contributed by atoms with van der Waals surface area (Å²) in [6, 6.07) is 11.8. The van der Waals surface area contributed by atoms with Crippen molar-refractivity contribution in [1.82, 2.24) is 19.7 Å². The molecule has 3 heterocycles. The van der Waals surface area contributed by atoms with Gasteiger partial charge in [-0.3, -0.25) is 19.4 Å². The molecule has 0 aliphatic carbocycles. The molecule has 0 unspecified atom stereocenters. The molecule has 142 valence electrons. The first-order valence-electron chi connectivity index (χ1n) is 8.84. The van der Waals surface area contributed by atoms with Crippen LogP contribution in [0.2, 0.25) is 0 Å². The van der Waals surface area contributed by atoms with Crippen LogP contribution in [0.4, 0.5) is 9.52 Å². The number of benzene rings is 1. The normalized spacial score (nSPS) is 11.3. The molecule has 0 bridgehead atoms. The highest BCUT2D eigenvalue weighted by atomic mass is 32.1. The number of amides is 1. The van der Waals surface area contributed by atoms with Gasteiger partial charge in [-0.15, -0.1) is 0 Å². The van der Waals surface area contributed by atoms with Crippen molar-refractivity contribution in [2.45, 2.75) is 26.4 Å². The molecule has 0 fully saturated rings. The molecule has 0 N–H and O–H groups in total. The van der Waals surface area contributed by atoms with Gasteiger partial charge >= 0.3 is 0 Å². The highest BCUT2D eigenvalue weighted by Crippen LogP contribution is 2.31. The second kappa shape index (κ2) is 7.47. The summed E-state index contributed by atoms with van der Waals surface area (Å²) in [7, 11) is 0. The molecule has 1 aromatic carbocycles. The van der Waals surface area contributed by atoms with Crippen LogP contribution in [0, 0.1) is 5.82 Å². The van der Waals surface area contributed by atoms with Gasteiger partial charge in [-0.25, -0.2) is 9.37 Å². The van der Waals surface area contributed by atoms with Gasteiger partial charge in [0.25, 0.3) is 5.91 Å². The minimum atomic E-state index is -0.332. The molecule has 0 saturated heterocycles. The maximum Gasteiger partial charge on any atom is 0.280 e. The van der Waals surface area contributed by atoms with Gasteiger partial charge in [0, 0.05) is 18.4 Å². The number of thiazole rings is 1. The smallest absolute Gasteiger partial charge is 0.276 e. The van der Waals surface area contributed by atoms with Gasteiger partial charge < -0.3 is 0 Å². The van der Waals surface area contributed by atoms with Crippen molar-refractivity contribution >= 4 is 32.6 Å². The largest absolute Gasteiger partial charge is 0.280 e. The zero-order chi connectivity index (χ0) is 19.7. The van der Waals surface area contributed by atoms with Gasteiger partial charge in [-0.2, -0.15) is 5.10 Å². The van der Waals surface area contributed by atoms with E-state index in [1.54, 1.807) is 29.2 Å². The molecule has 3 aromatic heterocycles. The molecule has 0 aliphatic heterocycles. The van der Waals surface area contributed by atoms with Crippen molar-refractivity contribution in [2.24, 2.45) is 0 Å². The maximum atomic E-state index is 13.6. The summed E-state index contributed by atoms with van der Waals surface area (Å²) in [6.07, 6.45) is 3.46. The summed E-state index contributed by atoms with van der Waals surface area (Å²) in [6.45, 7) is 4.24. The minimum Gasteiger partial charge on any atom is -0.276 e. The Morgan fingerprint density at radius 2 is 2.11 bits per heavy atom. The Hall–Kier alpha value is -3.13. The van der Waals surface area contributed by atoms with Crippen LogP contribution in [0.1, 0.15) is 36.1 Å². The number of hydrogen-bond acceptors (Lipinski definition) is 5. The molecule has 0 spiro atoms. The monoisotopic (exact) mass is 395 g/mol. The number of carbonyl (C=O) groups is 1. The van der Waals surface area contributed by atoms with E-state index in [1.165, 1.54) is 28.4 Å². The van der Waals surface area contributed by atoms with E-state index >= 15 is 0 Å². The first kappa shape index (κ1) is 18.2. The average Bonchev–Trinajstić information content (AvgIpc) is 3.33. The second-order valence-corrected chi connectivity index (χ2v) is 7.60. The van der Waals surface area contributed by atoms with Crippen molar-refractivity contribution in [1.29, 1.82) is 0 Å². The van der Waals surface area contributed by atoms with E-state index < -0.39 is 0 Å². The Labute approximate surface area is 165 Å². The van der Waals surface area contributed by atoms with E-state index in [2.05, 4.69) is 15.1 Å². The predicted molar refractivity (Wildman–Crippen MR) is 107 cm³/mol. The van der Waals surface area contributed by atoms with E-state index in [4.69, 9.17) is 0 Å². The number of halogens is 1. The molecule has 0 radical (unpaired) electrons. The third-order valence-corrected chi connectivity index (χ3v) is 5.26. The fourth-order valence-corrected chi connectivity index (χ4v) is 3.75. The molecule has 4 rings (SSSR count).